The number of piperazine rings is 1. The second kappa shape index (κ2) is 7.71. The minimum absolute atomic E-state index is 0.0345. The van der Waals surface area contributed by atoms with Gasteiger partial charge in [-0.1, -0.05) is 12.1 Å². The largest absolute Gasteiger partial charge is 0.573 e. The molecule has 2 aliphatic heterocycles. The predicted molar refractivity (Wildman–Crippen MR) is 87.7 cm³/mol. The molecule has 1 atom stereocenters. The number of amides is 2. The fourth-order valence-corrected chi connectivity index (χ4v) is 3.47. The lowest BCUT2D eigenvalue weighted by Gasteiger charge is -2.36. The molecule has 0 bridgehead atoms. The quantitative estimate of drug-likeness (QED) is 0.767. The van der Waals surface area contributed by atoms with E-state index >= 15 is 0 Å². The van der Waals surface area contributed by atoms with Crippen LogP contribution in [0.25, 0.3) is 0 Å². The van der Waals surface area contributed by atoms with Crippen molar-refractivity contribution in [3.63, 3.8) is 0 Å². The minimum Gasteiger partial charge on any atom is -0.406 e. The monoisotopic (exact) mass is 373 g/mol. The van der Waals surface area contributed by atoms with E-state index in [-0.39, 0.29) is 17.8 Å². The molecule has 2 amide bonds. The van der Waals surface area contributed by atoms with E-state index in [0.29, 0.717) is 45.9 Å². The van der Waals surface area contributed by atoms with Crippen molar-refractivity contribution in [2.24, 2.45) is 0 Å². The number of hydrogen-bond donors (Lipinski definition) is 0. The molecule has 0 aromatic heterocycles. The molecule has 2 heterocycles. The van der Waals surface area contributed by atoms with Crippen molar-refractivity contribution in [2.75, 3.05) is 46.4 Å². The van der Waals surface area contributed by atoms with E-state index in [4.69, 9.17) is 4.74 Å². The van der Waals surface area contributed by atoms with E-state index in [2.05, 4.69) is 9.64 Å². The van der Waals surface area contributed by atoms with Crippen LogP contribution < -0.4 is 4.74 Å². The Kier molecular flexibility index (Phi) is 5.57. The second-order valence-corrected chi connectivity index (χ2v) is 6.50. The lowest BCUT2D eigenvalue weighted by Crippen LogP contribution is -2.51. The van der Waals surface area contributed by atoms with Gasteiger partial charge in [0.15, 0.2) is 0 Å². The summed E-state index contributed by atoms with van der Waals surface area (Å²) >= 11 is 0. The fourth-order valence-electron chi connectivity index (χ4n) is 3.47. The number of alkyl halides is 3. The fraction of sp³-hybridized carbons (Fsp3) is 0.588. The maximum Gasteiger partial charge on any atom is 0.573 e. The molecule has 6 nitrogen and oxygen atoms in total. The molecular weight excluding hydrogens is 351 g/mol. The normalized spacial score (nSPS) is 21.2. The number of benzene rings is 1. The first kappa shape index (κ1) is 18.8. The van der Waals surface area contributed by atoms with Crippen LogP contribution in [0.2, 0.25) is 0 Å². The van der Waals surface area contributed by atoms with E-state index in [1.54, 1.807) is 24.1 Å². The molecule has 2 aliphatic rings. The summed E-state index contributed by atoms with van der Waals surface area (Å²) in [6.07, 6.45) is -4.69. The van der Waals surface area contributed by atoms with E-state index in [9.17, 15) is 18.0 Å². The number of carbonyl (C=O) groups is 1. The number of fused-ring (bicyclic) bond motifs is 1. The van der Waals surface area contributed by atoms with Crippen LogP contribution in [-0.2, 0) is 11.3 Å². The molecule has 3 rings (SSSR count). The molecule has 0 radical (unpaired) electrons. The molecule has 2 fully saturated rings. The molecular formula is C17H22F3N3O3. The van der Waals surface area contributed by atoms with Crippen LogP contribution in [0.4, 0.5) is 18.0 Å². The van der Waals surface area contributed by atoms with Gasteiger partial charge in [-0.25, -0.2) is 4.79 Å². The molecule has 0 aliphatic carbocycles. The SMILES string of the molecule is COCCN1C[C@H]2CN(Cc3cccc(OC(F)(F)F)c3)CCN2C1=O. The summed E-state index contributed by atoms with van der Waals surface area (Å²) in [5.41, 5.74) is 0.751. The highest BCUT2D eigenvalue weighted by Gasteiger charge is 2.40. The number of hydrogen-bond acceptors (Lipinski definition) is 4. The van der Waals surface area contributed by atoms with Gasteiger partial charge >= 0.3 is 12.4 Å². The van der Waals surface area contributed by atoms with Gasteiger partial charge in [-0.3, -0.25) is 4.90 Å². The van der Waals surface area contributed by atoms with E-state index in [0.717, 1.165) is 5.56 Å². The zero-order chi connectivity index (χ0) is 18.7. The van der Waals surface area contributed by atoms with Crippen molar-refractivity contribution in [2.45, 2.75) is 18.9 Å². The van der Waals surface area contributed by atoms with Crippen LogP contribution in [0.3, 0.4) is 0 Å². The first-order valence-electron chi connectivity index (χ1n) is 8.47. The van der Waals surface area contributed by atoms with Crippen molar-refractivity contribution in [1.82, 2.24) is 14.7 Å². The highest BCUT2D eigenvalue weighted by Crippen LogP contribution is 2.25. The summed E-state index contributed by atoms with van der Waals surface area (Å²) < 4.78 is 46.1. The molecule has 2 saturated heterocycles. The zero-order valence-corrected chi connectivity index (χ0v) is 14.5. The van der Waals surface area contributed by atoms with Crippen LogP contribution in [-0.4, -0.2) is 79.6 Å². The molecule has 0 N–H and O–H groups in total. The number of halogens is 3. The van der Waals surface area contributed by atoms with Crippen LogP contribution in [0, 0.1) is 0 Å². The van der Waals surface area contributed by atoms with Gasteiger partial charge in [-0.2, -0.15) is 0 Å². The summed E-state index contributed by atoms with van der Waals surface area (Å²) in [4.78, 5) is 18.2. The Balaban J connectivity index is 1.58. The number of urea groups is 1. The number of methoxy groups -OCH3 is 1. The Bertz CT molecular complexity index is 641. The number of nitrogens with zero attached hydrogens (tertiary/aromatic N) is 3. The van der Waals surface area contributed by atoms with Gasteiger partial charge < -0.3 is 19.3 Å². The highest BCUT2D eigenvalue weighted by molar-refractivity contribution is 5.77. The third-order valence-electron chi connectivity index (χ3n) is 4.62. The van der Waals surface area contributed by atoms with Gasteiger partial charge in [0.25, 0.3) is 0 Å². The smallest absolute Gasteiger partial charge is 0.406 e. The molecule has 0 saturated carbocycles. The van der Waals surface area contributed by atoms with Crippen molar-refractivity contribution in [3.05, 3.63) is 29.8 Å². The standard InChI is InChI=1S/C17H22F3N3O3/c1-25-8-7-22-12-14-11-21(5-6-23(14)16(22)24)10-13-3-2-4-15(9-13)26-17(18,19)20/h2-4,9,14H,5-8,10-12H2,1H3/t14-/m1/s1. The summed E-state index contributed by atoms with van der Waals surface area (Å²) in [7, 11) is 1.60. The molecule has 9 heteroatoms. The average molecular weight is 373 g/mol. The Morgan fingerprint density at radius 3 is 2.77 bits per heavy atom. The molecule has 144 valence electrons. The van der Waals surface area contributed by atoms with Crippen molar-refractivity contribution >= 4 is 6.03 Å². The average Bonchev–Trinajstić information content (AvgIpc) is 2.87. The lowest BCUT2D eigenvalue weighted by molar-refractivity contribution is -0.274. The maximum absolute atomic E-state index is 12.4. The van der Waals surface area contributed by atoms with Crippen LogP contribution >= 0.6 is 0 Å². The van der Waals surface area contributed by atoms with Gasteiger partial charge in [0.1, 0.15) is 5.75 Å². The third kappa shape index (κ3) is 4.59. The molecule has 0 unspecified atom stereocenters. The van der Waals surface area contributed by atoms with Gasteiger partial charge in [0, 0.05) is 46.4 Å². The first-order chi connectivity index (χ1) is 12.4. The van der Waals surface area contributed by atoms with Crippen molar-refractivity contribution in [3.8, 4) is 5.75 Å². The van der Waals surface area contributed by atoms with E-state index in [1.807, 2.05) is 4.90 Å². The number of rotatable bonds is 6. The van der Waals surface area contributed by atoms with Crippen molar-refractivity contribution < 1.29 is 27.4 Å². The highest BCUT2D eigenvalue weighted by atomic mass is 19.4. The zero-order valence-electron chi connectivity index (χ0n) is 14.5. The van der Waals surface area contributed by atoms with E-state index in [1.165, 1.54) is 12.1 Å². The predicted octanol–water partition coefficient (Wildman–Crippen LogP) is 2.15. The maximum atomic E-state index is 12.4. The van der Waals surface area contributed by atoms with Gasteiger partial charge in [0.2, 0.25) is 0 Å². The summed E-state index contributed by atoms with van der Waals surface area (Å²) in [6.45, 7) is 4.23. The van der Waals surface area contributed by atoms with E-state index < -0.39 is 6.36 Å². The van der Waals surface area contributed by atoms with Crippen molar-refractivity contribution in [1.29, 1.82) is 0 Å². The number of carbonyl (C=O) groups excluding carboxylic acids is 1. The number of ether oxygens (including phenoxy) is 2. The Hall–Kier alpha value is -2.00. The Morgan fingerprint density at radius 2 is 2.04 bits per heavy atom. The minimum atomic E-state index is -4.69. The summed E-state index contributed by atoms with van der Waals surface area (Å²) in [6, 6.07) is 6.16. The molecule has 0 spiro atoms. The van der Waals surface area contributed by atoms with Gasteiger partial charge in [-0.05, 0) is 17.7 Å². The summed E-state index contributed by atoms with van der Waals surface area (Å²) in [5.74, 6) is -0.213. The molecule has 1 aromatic rings. The Morgan fingerprint density at radius 1 is 1.23 bits per heavy atom. The lowest BCUT2D eigenvalue weighted by atomic mass is 10.1. The van der Waals surface area contributed by atoms with Crippen LogP contribution in [0.1, 0.15) is 5.56 Å². The van der Waals surface area contributed by atoms with Crippen LogP contribution in [0.5, 0.6) is 5.75 Å². The van der Waals surface area contributed by atoms with Gasteiger partial charge in [0.05, 0.1) is 12.6 Å². The summed E-state index contributed by atoms with van der Waals surface area (Å²) in [5, 5.41) is 0. The topological polar surface area (TPSA) is 45.2 Å². The Labute approximate surface area is 150 Å². The van der Waals surface area contributed by atoms with Gasteiger partial charge in [-0.15, -0.1) is 13.2 Å². The first-order valence-corrected chi connectivity index (χ1v) is 8.47. The van der Waals surface area contributed by atoms with Crippen LogP contribution in [0.15, 0.2) is 24.3 Å². The molecule has 1 aromatic carbocycles. The molecule has 26 heavy (non-hydrogen) atoms. The third-order valence-corrected chi connectivity index (χ3v) is 4.62. The second-order valence-electron chi connectivity index (χ2n) is 6.50.